The van der Waals surface area contributed by atoms with Crippen molar-refractivity contribution in [1.82, 2.24) is 0 Å². The van der Waals surface area contributed by atoms with Crippen LogP contribution in [0.4, 0.5) is 14.5 Å². The Bertz CT molecular complexity index is 428. The second-order valence-electron chi connectivity index (χ2n) is 4.49. The second kappa shape index (κ2) is 5.33. The zero-order valence-corrected chi connectivity index (χ0v) is 10.2. The SMILES string of the molecule is CCc1ccc(NC(N)=N[C@H]2C[C@@H]2C(F)F)cc1. The first-order valence-electron chi connectivity index (χ1n) is 6.07. The molecule has 1 fully saturated rings. The van der Waals surface area contributed by atoms with Crippen LogP contribution in [0.1, 0.15) is 18.9 Å². The first-order valence-corrected chi connectivity index (χ1v) is 6.07. The van der Waals surface area contributed by atoms with Gasteiger partial charge in [0.15, 0.2) is 5.96 Å². The van der Waals surface area contributed by atoms with Gasteiger partial charge in [-0.3, -0.25) is 0 Å². The molecule has 0 bridgehead atoms. The molecule has 0 radical (unpaired) electrons. The molecule has 1 saturated carbocycles. The van der Waals surface area contributed by atoms with E-state index in [0.717, 1.165) is 12.1 Å². The van der Waals surface area contributed by atoms with Crippen molar-refractivity contribution in [3.63, 3.8) is 0 Å². The summed E-state index contributed by atoms with van der Waals surface area (Å²) in [5.41, 5.74) is 7.73. The van der Waals surface area contributed by atoms with Gasteiger partial charge < -0.3 is 11.1 Å². The first kappa shape index (κ1) is 12.8. The predicted molar refractivity (Wildman–Crippen MR) is 69.0 cm³/mol. The van der Waals surface area contributed by atoms with Crippen LogP contribution in [0.2, 0.25) is 0 Å². The van der Waals surface area contributed by atoms with Gasteiger partial charge in [-0.05, 0) is 30.5 Å². The molecule has 2 rings (SSSR count). The number of guanidine groups is 1. The first-order chi connectivity index (χ1) is 8.60. The zero-order chi connectivity index (χ0) is 13.1. The van der Waals surface area contributed by atoms with E-state index in [1.165, 1.54) is 5.56 Å². The lowest BCUT2D eigenvalue weighted by molar-refractivity contribution is 0.121. The fraction of sp³-hybridized carbons (Fsp3) is 0.462. The average Bonchev–Trinajstić information content (AvgIpc) is 3.09. The summed E-state index contributed by atoms with van der Waals surface area (Å²) in [6, 6.07) is 7.47. The van der Waals surface area contributed by atoms with Gasteiger partial charge in [0.1, 0.15) is 0 Å². The Balaban J connectivity index is 1.90. The summed E-state index contributed by atoms with van der Waals surface area (Å²) in [7, 11) is 0. The maximum absolute atomic E-state index is 12.3. The van der Waals surface area contributed by atoms with Crippen LogP contribution in [0.15, 0.2) is 29.3 Å². The Morgan fingerprint density at radius 2 is 2.11 bits per heavy atom. The molecule has 1 aromatic carbocycles. The van der Waals surface area contributed by atoms with Crippen molar-refractivity contribution in [2.45, 2.75) is 32.2 Å². The molecule has 0 heterocycles. The summed E-state index contributed by atoms with van der Waals surface area (Å²) in [5, 5.41) is 2.91. The Morgan fingerprint density at radius 1 is 1.44 bits per heavy atom. The van der Waals surface area contributed by atoms with Gasteiger partial charge in [0.05, 0.1) is 6.04 Å². The number of aliphatic imine (C=N–C) groups is 1. The van der Waals surface area contributed by atoms with E-state index in [2.05, 4.69) is 17.2 Å². The Labute approximate surface area is 105 Å². The van der Waals surface area contributed by atoms with Gasteiger partial charge in [-0.15, -0.1) is 0 Å². The summed E-state index contributed by atoms with van der Waals surface area (Å²) in [6.45, 7) is 2.08. The van der Waals surface area contributed by atoms with Crippen LogP contribution >= 0.6 is 0 Å². The summed E-state index contributed by atoms with van der Waals surface area (Å²) in [6.07, 6.45) is -0.896. The highest BCUT2D eigenvalue weighted by Crippen LogP contribution is 2.38. The van der Waals surface area contributed by atoms with Crippen molar-refractivity contribution in [2.24, 2.45) is 16.6 Å². The minimum absolute atomic E-state index is 0.201. The van der Waals surface area contributed by atoms with Crippen molar-refractivity contribution in [2.75, 3.05) is 5.32 Å². The van der Waals surface area contributed by atoms with Gasteiger partial charge in [0, 0.05) is 11.6 Å². The van der Waals surface area contributed by atoms with E-state index in [-0.39, 0.29) is 12.0 Å². The minimum Gasteiger partial charge on any atom is -0.370 e. The fourth-order valence-corrected chi connectivity index (χ4v) is 1.80. The standard InChI is InChI=1S/C13H17F2N3/c1-2-8-3-5-9(6-4-8)17-13(16)18-11-7-10(11)12(14)15/h3-6,10-12H,2,7H2,1H3,(H3,16,17,18)/t10-,11-/m0/s1. The molecule has 3 N–H and O–H groups in total. The van der Waals surface area contributed by atoms with Crippen LogP contribution < -0.4 is 11.1 Å². The molecule has 0 aliphatic heterocycles. The Hall–Kier alpha value is -1.65. The average molecular weight is 253 g/mol. The molecule has 5 heteroatoms. The van der Waals surface area contributed by atoms with Crippen LogP contribution in [-0.2, 0) is 6.42 Å². The van der Waals surface area contributed by atoms with Crippen LogP contribution in [0.5, 0.6) is 0 Å². The summed E-state index contributed by atoms with van der Waals surface area (Å²) in [5.74, 6) is -0.416. The number of alkyl halides is 2. The molecular weight excluding hydrogens is 236 g/mol. The van der Waals surface area contributed by atoms with E-state index < -0.39 is 12.3 Å². The number of halogens is 2. The molecule has 0 saturated heterocycles. The van der Waals surface area contributed by atoms with Gasteiger partial charge in [0.2, 0.25) is 6.43 Å². The summed E-state index contributed by atoms with van der Waals surface area (Å²) >= 11 is 0. The molecule has 18 heavy (non-hydrogen) atoms. The second-order valence-corrected chi connectivity index (χ2v) is 4.49. The number of nitrogens with one attached hydrogen (secondary N) is 1. The van der Waals surface area contributed by atoms with Gasteiger partial charge in [-0.1, -0.05) is 19.1 Å². The number of hydrogen-bond acceptors (Lipinski definition) is 1. The summed E-state index contributed by atoms with van der Waals surface area (Å²) < 4.78 is 24.6. The van der Waals surface area contributed by atoms with E-state index in [1.807, 2.05) is 24.3 Å². The van der Waals surface area contributed by atoms with Crippen molar-refractivity contribution in [3.05, 3.63) is 29.8 Å². The highest BCUT2D eigenvalue weighted by Gasteiger charge is 2.44. The molecule has 1 aliphatic carbocycles. The molecule has 0 amide bonds. The van der Waals surface area contributed by atoms with Gasteiger partial charge in [0.25, 0.3) is 0 Å². The predicted octanol–water partition coefficient (Wildman–Crippen LogP) is 2.63. The van der Waals surface area contributed by atoms with E-state index >= 15 is 0 Å². The number of aryl methyl sites for hydroxylation is 1. The van der Waals surface area contributed by atoms with Crippen molar-refractivity contribution < 1.29 is 8.78 Å². The molecule has 3 nitrogen and oxygen atoms in total. The Kier molecular flexibility index (Phi) is 3.79. The number of hydrogen-bond donors (Lipinski definition) is 2. The fourth-order valence-electron chi connectivity index (χ4n) is 1.80. The van der Waals surface area contributed by atoms with Crippen molar-refractivity contribution >= 4 is 11.6 Å². The number of rotatable bonds is 4. The maximum Gasteiger partial charge on any atom is 0.243 e. The number of nitrogens with two attached hydrogens (primary N) is 1. The lowest BCUT2D eigenvalue weighted by Gasteiger charge is -2.06. The normalized spacial score (nSPS) is 23.2. The summed E-state index contributed by atoms with van der Waals surface area (Å²) in [4.78, 5) is 4.03. The van der Waals surface area contributed by atoms with Crippen LogP contribution in [0.3, 0.4) is 0 Å². The molecular formula is C13H17F2N3. The van der Waals surface area contributed by atoms with Crippen LogP contribution in [-0.4, -0.2) is 18.4 Å². The Morgan fingerprint density at radius 3 is 2.61 bits per heavy atom. The van der Waals surface area contributed by atoms with Crippen LogP contribution in [0.25, 0.3) is 0 Å². The van der Waals surface area contributed by atoms with E-state index in [9.17, 15) is 8.78 Å². The number of benzene rings is 1. The largest absolute Gasteiger partial charge is 0.370 e. The van der Waals surface area contributed by atoms with E-state index in [0.29, 0.717) is 6.42 Å². The van der Waals surface area contributed by atoms with Crippen molar-refractivity contribution in [3.8, 4) is 0 Å². The van der Waals surface area contributed by atoms with Crippen molar-refractivity contribution in [1.29, 1.82) is 0 Å². The number of nitrogens with zero attached hydrogens (tertiary/aromatic N) is 1. The maximum atomic E-state index is 12.3. The molecule has 0 unspecified atom stereocenters. The zero-order valence-electron chi connectivity index (χ0n) is 10.2. The van der Waals surface area contributed by atoms with E-state index in [4.69, 9.17) is 5.73 Å². The third-order valence-electron chi connectivity index (χ3n) is 3.07. The smallest absolute Gasteiger partial charge is 0.243 e. The molecule has 0 aromatic heterocycles. The highest BCUT2D eigenvalue weighted by molar-refractivity contribution is 5.92. The monoisotopic (exact) mass is 253 g/mol. The third kappa shape index (κ3) is 3.18. The molecule has 2 atom stereocenters. The molecule has 0 spiro atoms. The van der Waals surface area contributed by atoms with Gasteiger partial charge >= 0.3 is 0 Å². The minimum atomic E-state index is -2.30. The topological polar surface area (TPSA) is 50.4 Å². The molecule has 98 valence electrons. The molecule has 1 aromatic rings. The quantitative estimate of drug-likeness (QED) is 0.640. The third-order valence-corrected chi connectivity index (χ3v) is 3.07. The molecule has 1 aliphatic rings. The highest BCUT2D eigenvalue weighted by atomic mass is 19.3. The number of anilines is 1. The van der Waals surface area contributed by atoms with Gasteiger partial charge in [-0.25, -0.2) is 13.8 Å². The van der Waals surface area contributed by atoms with Gasteiger partial charge in [-0.2, -0.15) is 0 Å². The lowest BCUT2D eigenvalue weighted by Crippen LogP contribution is -2.23. The van der Waals surface area contributed by atoms with Crippen LogP contribution in [0, 0.1) is 5.92 Å². The lowest BCUT2D eigenvalue weighted by atomic mass is 10.1. The van der Waals surface area contributed by atoms with E-state index in [1.54, 1.807) is 0 Å².